The number of urea groups is 1. The molecule has 6 rings (SSSR count). The van der Waals surface area contributed by atoms with Crippen LogP contribution in [0.15, 0.2) is 60.7 Å². The highest BCUT2D eigenvalue weighted by atomic mass is 19.1. The highest BCUT2D eigenvalue weighted by Crippen LogP contribution is 2.33. The summed E-state index contributed by atoms with van der Waals surface area (Å²) < 4.78 is 32.5. The molecule has 0 aromatic heterocycles. The molecule has 3 aromatic carbocycles. The van der Waals surface area contributed by atoms with Crippen molar-refractivity contribution in [3.8, 4) is 28.4 Å². The first-order valence-electron chi connectivity index (χ1n) is 16.8. The van der Waals surface area contributed by atoms with Gasteiger partial charge < -0.3 is 39.5 Å². The summed E-state index contributed by atoms with van der Waals surface area (Å²) in [5.41, 5.74) is 2.21. The zero-order valence-corrected chi connectivity index (χ0v) is 28.4. The Kier molecular flexibility index (Phi) is 10.4. The lowest BCUT2D eigenvalue weighted by Crippen LogP contribution is -2.59. The molecule has 50 heavy (non-hydrogen) atoms. The van der Waals surface area contributed by atoms with Crippen molar-refractivity contribution in [2.45, 2.75) is 38.0 Å². The fourth-order valence-corrected chi connectivity index (χ4v) is 6.72. The van der Waals surface area contributed by atoms with Gasteiger partial charge in [0.25, 0.3) is 11.8 Å². The summed E-state index contributed by atoms with van der Waals surface area (Å²) in [4.78, 5) is 57.9. The smallest absolute Gasteiger partial charge is 0.319 e. The van der Waals surface area contributed by atoms with E-state index < -0.39 is 18.0 Å². The van der Waals surface area contributed by atoms with Gasteiger partial charge in [0.15, 0.2) is 6.61 Å². The van der Waals surface area contributed by atoms with E-state index in [0.717, 1.165) is 0 Å². The Hall–Kier alpha value is -5.33. The zero-order chi connectivity index (χ0) is 35.4. The molecule has 2 fully saturated rings. The van der Waals surface area contributed by atoms with Crippen LogP contribution in [-0.4, -0.2) is 105 Å². The molecule has 3 heterocycles. The second kappa shape index (κ2) is 15.1. The van der Waals surface area contributed by atoms with E-state index in [2.05, 4.69) is 10.6 Å². The number of ether oxygens (including phenoxy) is 3. The quantitative estimate of drug-likeness (QED) is 0.421. The zero-order valence-electron chi connectivity index (χ0n) is 28.4. The highest BCUT2D eigenvalue weighted by molar-refractivity contribution is 5.96. The predicted molar refractivity (Wildman–Crippen MR) is 182 cm³/mol. The summed E-state index contributed by atoms with van der Waals surface area (Å²) in [6, 6.07) is 15.7. The van der Waals surface area contributed by atoms with Gasteiger partial charge in [-0.05, 0) is 66.4 Å². The lowest BCUT2D eigenvalue weighted by atomic mass is 9.93. The molecule has 0 saturated carbocycles. The lowest BCUT2D eigenvalue weighted by molar-refractivity contribution is -0.139. The molecule has 0 aliphatic carbocycles. The van der Waals surface area contributed by atoms with E-state index in [1.165, 1.54) is 17.0 Å². The van der Waals surface area contributed by atoms with Gasteiger partial charge >= 0.3 is 6.03 Å². The standard InChI is InChI=1S/C37H42FN5O7/c1-41(2)37(47)42-12-9-24(10-13-42)36(46)43-14-11-33-31(21-43)40-35(45)26-7-8-32(48-3)30(18-26)25-5-4-6-28(17-25)49-22-34(44)39-20-23-15-27(38)19-29(16-23)50-33/h4-8,15-19,24,31,33H,9-14,20-22H2,1-3H3,(H,39,44)(H,40,45)/t31-,33-/m1/s1. The molecule has 3 aliphatic heterocycles. The third-order valence-electron chi connectivity index (χ3n) is 9.36. The number of carbonyl (C=O) groups is 4. The number of benzene rings is 3. The first kappa shape index (κ1) is 34.5. The van der Waals surface area contributed by atoms with Crippen molar-refractivity contribution in [2.24, 2.45) is 5.92 Å². The maximum Gasteiger partial charge on any atom is 0.319 e. The highest BCUT2D eigenvalue weighted by Gasteiger charge is 2.38. The van der Waals surface area contributed by atoms with Gasteiger partial charge in [0.05, 0.1) is 13.2 Å². The van der Waals surface area contributed by atoms with Crippen LogP contribution in [0.1, 0.15) is 35.2 Å². The Balaban J connectivity index is 1.29. The second-order valence-corrected chi connectivity index (χ2v) is 13.1. The molecule has 13 heteroatoms. The number of carbonyl (C=O) groups excluding carboxylic acids is 4. The molecule has 3 aromatic rings. The van der Waals surface area contributed by atoms with Crippen LogP contribution in [0.3, 0.4) is 0 Å². The van der Waals surface area contributed by atoms with Gasteiger partial charge in [-0.2, -0.15) is 0 Å². The Morgan fingerprint density at radius 2 is 1.70 bits per heavy atom. The average molecular weight is 688 g/mol. The summed E-state index contributed by atoms with van der Waals surface area (Å²) in [5, 5.41) is 5.86. The topological polar surface area (TPSA) is 130 Å². The number of methoxy groups -OCH3 is 1. The molecule has 5 amide bonds. The van der Waals surface area contributed by atoms with Crippen molar-refractivity contribution in [1.82, 2.24) is 25.3 Å². The van der Waals surface area contributed by atoms with Crippen LogP contribution in [0.25, 0.3) is 11.1 Å². The number of likely N-dealkylation sites (tertiary alicyclic amines) is 2. The van der Waals surface area contributed by atoms with Gasteiger partial charge in [-0.15, -0.1) is 0 Å². The van der Waals surface area contributed by atoms with Gasteiger partial charge in [-0.25, -0.2) is 9.18 Å². The Morgan fingerprint density at radius 1 is 0.920 bits per heavy atom. The lowest BCUT2D eigenvalue weighted by Gasteiger charge is -2.41. The van der Waals surface area contributed by atoms with Crippen LogP contribution in [-0.2, 0) is 16.1 Å². The van der Waals surface area contributed by atoms with Gasteiger partial charge in [-0.1, -0.05) is 12.1 Å². The third kappa shape index (κ3) is 7.93. The molecule has 6 bridgehead atoms. The molecule has 0 spiro atoms. The predicted octanol–water partition coefficient (Wildman–Crippen LogP) is 3.68. The van der Waals surface area contributed by atoms with Gasteiger partial charge in [0.1, 0.15) is 29.2 Å². The summed E-state index contributed by atoms with van der Waals surface area (Å²) in [6.07, 6.45) is 0.900. The number of amides is 5. The molecular weight excluding hydrogens is 645 g/mol. The number of halogens is 1. The molecule has 264 valence electrons. The minimum absolute atomic E-state index is 0.0252. The summed E-state index contributed by atoms with van der Waals surface area (Å²) in [6.45, 7) is 1.34. The van der Waals surface area contributed by atoms with Gasteiger partial charge in [0.2, 0.25) is 5.91 Å². The molecule has 12 nitrogen and oxygen atoms in total. The van der Waals surface area contributed by atoms with E-state index in [1.54, 1.807) is 73.5 Å². The number of rotatable bonds is 2. The summed E-state index contributed by atoms with van der Waals surface area (Å²) in [7, 11) is 4.96. The fourth-order valence-electron chi connectivity index (χ4n) is 6.72. The van der Waals surface area contributed by atoms with Crippen molar-refractivity contribution in [3.05, 3.63) is 77.6 Å². The second-order valence-electron chi connectivity index (χ2n) is 13.1. The molecule has 0 unspecified atom stereocenters. The minimum Gasteiger partial charge on any atom is -0.496 e. The number of hydrogen-bond donors (Lipinski definition) is 2. The minimum atomic E-state index is -0.633. The van der Waals surface area contributed by atoms with Crippen molar-refractivity contribution in [1.29, 1.82) is 0 Å². The average Bonchev–Trinajstić information content (AvgIpc) is 3.12. The summed E-state index contributed by atoms with van der Waals surface area (Å²) >= 11 is 0. The van der Waals surface area contributed by atoms with Crippen LogP contribution in [0.4, 0.5) is 9.18 Å². The number of hydrogen-bond acceptors (Lipinski definition) is 7. The first-order chi connectivity index (χ1) is 24.1. The number of piperidine rings is 2. The van der Waals surface area contributed by atoms with E-state index in [1.807, 2.05) is 6.07 Å². The molecule has 2 atom stereocenters. The largest absolute Gasteiger partial charge is 0.496 e. The van der Waals surface area contributed by atoms with Crippen LogP contribution >= 0.6 is 0 Å². The maximum absolute atomic E-state index is 14.8. The fraction of sp³-hybridized carbons (Fsp3) is 0.405. The SMILES string of the molecule is COc1ccc2cc1-c1cccc(c1)OCC(=O)NCc1cc(F)cc(c1)O[C@@H]1CCN(C(=O)C3CCN(C(=O)N(C)C)CC3)C[C@H]1NC2=O. The van der Waals surface area contributed by atoms with Gasteiger partial charge in [-0.3, -0.25) is 14.4 Å². The number of nitrogens with zero attached hydrogens (tertiary/aromatic N) is 3. The normalized spacial score (nSPS) is 20.0. The Labute approximate surface area is 290 Å². The van der Waals surface area contributed by atoms with Crippen LogP contribution in [0, 0.1) is 11.7 Å². The van der Waals surface area contributed by atoms with E-state index in [9.17, 15) is 23.6 Å². The number of fused-ring (bicyclic) bond motifs is 8. The monoisotopic (exact) mass is 687 g/mol. The molecular formula is C37H42FN5O7. The Bertz CT molecular complexity index is 1760. The maximum atomic E-state index is 14.8. The molecule has 2 saturated heterocycles. The first-order valence-corrected chi connectivity index (χ1v) is 16.8. The van der Waals surface area contributed by atoms with Crippen LogP contribution < -0.4 is 24.8 Å². The molecule has 3 aliphatic rings. The van der Waals surface area contributed by atoms with E-state index in [4.69, 9.17) is 14.2 Å². The van der Waals surface area contributed by atoms with Gasteiger partial charge in [0, 0.05) is 76.4 Å². The Morgan fingerprint density at radius 3 is 2.46 bits per heavy atom. The van der Waals surface area contributed by atoms with Crippen molar-refractivity contribution in [2.75, 3.05) is 54.0 Å². The van der Waals surface area contributed by atoms with E-state index in [0.29, 0.717) is 72.6 Å². The number of nitrogens with one attached hydrogen (secondary N) is 2. The van der Waals surface area contributed by atoms with Crippen molar-refractivity contribution < 1.29 is 37.8 Å². The van der Waals surface area contributed by atoms with Crippen molar-refractivity contribution >= 4 is 23.8 Å². The third-order valence-corrected chi connectivity index (χ3v) is 9.36. The molecule has 2 N–H and O–H groups in total. The summed E-state index contributed by atoms with van der Waals surface area (Å²) in [5.74, 6) is -0.350. The van der Waals surface area contributed by atoms with Crippen molar-refractivity contribution in [3.63, 3.8) is 0 Å². The van der Waals surface area contributed by atoms with E-state index >= 15 is 0 Å². The van der Waals surface area contributed by atoms with Crippen LogP contribution in [0.5, 0.6) is 17.2 Å². The van der Waals surface area contributed by atoms with E-state index in [-0.39, 0.29) is 55.1 Å². The van der Waals surface area contributed by atoms with Crippen LogP contribution in [0.2, 0.25) is 0 Å². The molecule has 0 radical (unpaired) electrons.